The molecule has 3 saturated carbocycles. The summed E-state index contributed by atoms with van der Waals surface area (Å²) in [5.74, 6) is 1.87. The summed E-state index contributed by atoms with van der Waals surface area (Å²) in [6.45, 7) is 0. The highest BCUT2D eigenvalue weighted by Crippen LogP contribution is 2.62. The van der Waals surface area contributed by atoms with Gasteiger partial charge in [-0.3, -0.25) is 10.1 Å². The first-order valence-corrected chi connectivity index (χ1v) is 5.38. The molecule has 0 heterocycles. The number of nitro groups is 1. The van der Waals surface area contributed by atoms with Gasteiger partial charge in [-0.15, -0.1) is 0 Å². The second-order valence-electron chi connectivity index (χ2n) is 5.06. The lowest BCUT2D eigenvalue weighted by atomic mass is 9.78. The van der Waals surface area contributed by atoms with E-state index in [1.54, 1.807) is 0 Å². The minimum absolute atomic E-state index is 0.0585. The lowest BCUT2D eigenvalue weighted by Crippen LogP contribution is -2.41. The van der Waals surface area contributed by atoms with Crippen molar-refractivity contribution in [3.8, 4) is 0 Å². The fourth-order valence-corrected chi connectivity index (χ4v) is 4.32. The smallest absolute Gasteiger partial charge is 0.225 e. The van der Waals surface area contributed by atoms with Crippen LogP contribution in [0.3, 0.4) is 0 Å². The zero-order chi connectivity index (χ0) is 9.05. The maximum absolute atomic E-state index is 11.1. The lowest BCUT2D eigenvalue weighted by molar-refractivity contribution is -0.577. The van der Waals surface area contributed by atoms with Crippen molar-refractivity contribution in [1.29, 1.82) is 0 Å². The van der Waals surface area contributed by atoms with Crippen molar-refractivity contribution in [3.63, 3.8) is 0 Å². The fraction of sp³-hybridized carbons (Fsp3) is 1.00. The highest BCUT2D eigenvalue weighted by atomic mass is 16.6. The Morgan fingerprint density at radius 2 is 2.15 bits per heavy atom. The van der Waals surface area contributed by atoms with Crippen molar-refractivity contribution in [2.45, 2.75) is 44.1 Å². The number of hydrogen-bond donors (Lipinski definition) is 0. The van der Waals surface area contributed by atoms with Crippen molar-refractivity contribution in [3.05, 3.63) is 10.1 Å². The second kappa shape index (κ2) is 2.25. The van der Waals surface area contributed by atoms with Gasteiger partial charge in [0.15, 0.2) is 0 Å². The minimum Gasteiger partial charge on any atom is -0.264 e. The largest absolute Gasteiger partial charge is 0.264 e. The molecule has 0 spiro atoms. The Balaban J connectivity index is 2.00. The third-order valence-corrected chi connectivity index (χ3v) is 4.79. The van der Waals surface area contributed by atoms with Crippen LogP contribution in [0.5, 0.6) is 0 Å². The second-order valence-corrected chi connectivity index (χ2v) is 5.06. The molecule has 0 aliphatic heterocycles. The normalized spacial score (nSPS) is 52.5. The van der Waals surface area contributed by atoms with E-state index < -0.39 is 5.54 Å². The molecular weight excluding hydrogens is 166 g/mol. The number of hydrogen-bond acceptors (Lipinski definition) is 2. The Labute approximate surface area is 77.7 Å². The molecule has 0 aromatic heterocycles. The first-order valence-electron chi connectivity index (χ1n) is 5.38. The van der Waals surface area contributed by atoms with Crippen molar-refractivity contribution in [2.24, 2.45) is 17.8 Å². The zero-order valence-electron chi connectivity index (χ0n) is 7.74. The molecule has 0 radical (unpaired) electrons. The number of rotatable bonds is 1. The molecule has 13 heavy (non-hydrogen) atoms. The molecular formula is C10H15NO2. The molecule has 2 bridgehead atoms. The fourth-order valence-electron chi connectivity index (χ4n) is 4.32. The molecule has 0 amide bonds. The maximum Gasteiger partial charge on any atom is 0.225 e. The predicted octanol–water partition coefficient (Wildman–Crippen LogP) is 2.23. The van der Waals surface area contributed by atoms with Crippen LogP contribution in [0.25, 0.3) is 0 Å². The van der Waals surface area contributed by atoms with Gasteiger partial charge in [0.05, 0.1) is 0 Å². The van der Waals surface area contributed by atoms with Gasteiger partial charge in [-0.25, -0.2) is 0 Å². The van der Waals surface area contributed by atoms with Crippen LogP contribution in [0.2, 0.25) is 0 Å². The maximum atomic E-state index is 11.1. The first kappa shape index (κ1) is 7.77. The van der Waals surface area contributed by atoms with Gasteiger partial charge in [-0.1, -0.05) is 6.42 Å². The molecule has 0 saturated heterocycles. The van der Waals surface area contributed by atoms with Crippen LogP contribution in [0.1, 0.15) is 38.5 Å². The van der Waals surface area contributed by atoms with E-state index in [1.807, 2.05) is 0 Å². The Morgan fingerprint density at radius 3 is 2.92 bits per heavy atom. The van der Waals surface area contributed by atoms with E-state index >= 15 is 0 Å². The number of fused-ring (bicyclic) bond motifs is 5. The topological polar surface area (TPSA) is 43.1 Å². The number of nitrogens with zero attached hydrogens (tertiary/aromatic N) is 1. The van der Waals surface area contributed by atoms with Crippen LogP contribution in [-0.2, 0) is 0 Å². The molecule has 72 valence electrons. The molecule has 3 heteroatoms. The predicted molar refractivity (Wildman–Crippen MR) is 47.9 cm³/mol. The first-order chi connectivity index (χ1) is 6.24. The van der Waals surface area contributed by atoms with Crippen LogP contribution in [0.15, 0.2) is 0 Å². The van der Waals surface area contributed by atoms with Crippen molar-refractivity contribution >= 4 is 0 Å². The summed E-state index contributed by atoms with van der Waals surface area (Å²) in [6, 6.07) is 0. The van der Waals surface area contributed by atoms with Gasteiger partial charge >= 0.3 is 0 Å². The van der Waals surface area contributed by atoms with E-state index in [0.29, 0.717) is 11.8 Å². The summed E-state index contributed by atoms with van der Waals surface area (Å²) in [5, 5.41) is 11.1. The van der Waals surface area contributed by atoms with Crippen LogP contribution in [0, 0.1) is 27.9 Å². The zero-order valence-corrected chi connectivity index (χ0v) is 7.74. The van der Waals surface area contributed by atoms with Crippen LogP contribution in [-0.4, -0.2) is 10.5 Å². The lowest BCUT2D eigenvalue weighted by Gasteiger charge is -2.28. The highest BCUT2D eigenvalue weighted by molar-refractivity contribution is 5.09. The molecule has 3 aliphatic carbocycles. The quantitative estimate of drug-likeness (QED) is 0.460. The average molecular weight is 181 g/mol. The summed E-state index contributed by atoms with van der Waals surface area (Å²) in [7, 11) is 0. The molecule has 0 aromatic carbocycles. The van der Waals surface area contributed by atoms with Crippen molar-refractivity contribution in [1.82, 2.24) is 0 Å². The molecule has 3 aliphatic rings. The van der Waals surface area contributed by atoms with Gasteiger partial charge in [-0.2, -0.15) is 0 Å². The van der Waals surface area contributed by atoms with Gasteiger partial charge in [0, 0.05) is 23.7 Å². The minimum atomic E-state index is -0.466. The summed E-state index contributed by atoms with van der Waals surface area (Å²) in [4.78, 5) is 11.2. The van der Waals surface area contributed by atoms with E-state index in [9.17, 15) is 10.1 Å². The molecule has 4 atom stereocenters. The van der Waals surface area contributed by atoms with E-state index in [1.165, 1.54) is 12.8 Å². The molecule has 4 unspecified atom stereocenters. The van der Waals surface area contributed by atoms with E-state index in [2.05, 4.69) is 0 Å². The van der Waals surface area contributed by atoms with E-state index in [-0.39, 0.29) is 4.92 Å². The average Bonchev–Trinajstić information content (AvgIpc) is 2.76. The Bertz CT molecular complexity index is 266. The Kier molecular flexibility index (Phi) is 1.35. The summed E-state index contributed by atoms with van der Waals surface area (Å²) >= 11 is 0. The summed E-state index contributed by atoms with van der Waals surface area (Å²) < 4.78 is 0. The standard InChI is InChI=1S/C10H15NO2/c12-11(13)10-5-4-7(6-10)8-2-1-3-9(8)10/h7-9H,1-6H2. The van der Waals surface area contributed by atoms with E-state index in [0.717, 1.165) is 31.6 Å². The molecule has 3 rings (SSSR count). The van der Waals surface area contributed by atoms with Gasteiger partial charge in [0.25, 0.3) is 0 Å². The van der Waals surface area contributed by atoms with Crippen LogP contribution >= 0.6 is 0 Å². The molecule has 3 nitrogen and oxygen atoms in total. The molecule has 3 fully saturated rings. The highest BCUT2D eigenvalue weighted by Gasteiger charge is 2.66. The van der Waals surface area contributed by atoms with Gasteiger partial charge in [0.1, 0.15) is 0 Å². The molecule has 0 N–H and O–H groups in total. The Hall–Kier alpha value is -0.600. The van der Waals surface area contributed by atoms with Gasteiger partial charge in [0.2, 0.25) is 5.54 Å². The monoisotopic (exact) mass is 181 g/mol. The summed E-state index contributed by atoms with van der Waals surface area (Å²) in [5.41, 5.74) is -0.466. The molecule has 0 aromatic rings. The third-order valence-electron chi connectivity index (χ3n) is 4.79. The SMILES string of the molecule is O=[N+]([O-])C12CCC(C1)C1CCCC12. The van der Waals surface area contributed by atoms with Crippen molar-refractivity contribution < 1.29 is 4.92 Å². The Morgan fingerprint density at radius 1 is 1.31 bits per heavy atom. The summed E-state index contributed by atoms with van der Waals surface area (Å²) in [6.07, 6.45) is 6.53. The van der Waals surface area contributed by atoms with Gasteiger partial charge in [-0.05, 0) is 31.1 Å². The van der Waals surface area contributed by atoms with E-state index in [4.69, 9.17) is 0 Å². The van der Waals surface area contributed by atoms with Crippen LogP contribution in [0.4, 0.5) is 0 Å². The third kappa shape index (κ3) is 0.760. The van der Waals surface area contributed by atoms with Crippen LogP contribution < -0.4 is 0 Å². The van der Waals surface area contributed by atoms with Crippen molar-refractivity contribution in [2.75, 3.05) is 0 Å². The van der Waals surface area contributed by atoms with Gasteiger partial charge < -0.3 is 0 Å².